The number of azo groups is 1. The summed E-state index contributed by atoms with van der Waals surface area (Å²) in [5, 5.41) is 8.74. The largest absolute Gasteiger partial charge is 0.368 e. The maximum Gasteiger partial charge on any atom is 0.323 e. The Morgan fingerprint density at radius 3 is 2.90 bits per heavy atom. The molecule has 1 aromatic heterocycles. The van der Waals surface area contributed by atoms with Crippen LogP contribution < -0.4 is 4.90 Å². The number of imidazole rings is 1. The molecule has 0 saturated heterocycles. The molecule has 0 spiro atoms. The molecule has 0 bridgehead atoms. The van der Waals surface area contributed by atoms with Gasteiger partial charge < -0.3 is 9.74 Å². The first kappa shape index (κ1) is 20.7. The summed E-state index contributed by atoms with van der Waals surface area (Å²) < 4.78 is 1.61. The predicted molar refractivity (Wildman–Crippen MR) is 112 cm³/mol. The van der Waals surface area contributed by atoms with Crippen molar-refractivity contribution >= 4 is 23.1 Å². The molecular formula is C21H26N6O2. The molecule has 0 saturated carbocycles. The molecule has 0 amide bonds. The quantitative estimate of drug-likeness (QED) is 0.156. The fraction of sp³-hybridized carbons (Fsp3) is 0.429. The molecule has 0 atom stereocenters. The average molecular weight is 394 g/mol. The number of aromatic nitrogens is 2. The molecule has 0 unspecified atom stereocenters. The normalized spacial score (nSPS) is 13.5. The molecule has 8 nitrogen and oxygen atoms in total. The molecule has 1 aromatic carbocycles. The lowest BCUT2D eigenvalue weighted by molar-refractivity contribution is -0.301. The van der Waals surface area contributed by atoms with Crippen LogP contribution in [0.25, 0.3) is 4.85 Å². The molecule has 152 valence electrons. The van der Waals surface area contributed by atoms with Crippen molar-refractivity contribution in [3.8, 4) is 0 Å². The van der Waals surface area contributed by atoms with E-state index < -0.39 is 0 Å². The molecule has 0 radical (unpaired) electrons. The molecule has 8 heteroatoms. The summed E-state index contributed by atoms with van der Waals surface area (Å²) in [7, 11) is 1.74. The smallest absolute Gasteiger partial charge is 0.323 e. The Morgan fingerprint density at radius 1 is 1.34 bits per heavy atom. The van der Waals surface area contributed by atoms with Gasteiger partial charge in [0.25, 0.3) is 5.82 Å². The molecule has 1 aliphatic heterocycles. The van der Waals surface area contributed by atoms with E-state index in [4.69, 9.17) is 16.3 Å². The molecule has 1 aliphatic rings. The first-order valence-corrected chi connectivity index (χ1v) is 9.68. The van der Waals surface area contributed by atoms with Crippen LogP contribution >= 0.6 is 0 Å². The zero-order valence-corrected chi connectivity index (χ0v) is 17.2. The lowest BCUT2D eigenvalue weighted by Gasteiger charge is -2.31. The van der Waals surface area contributed by atoms with Crippen molar-refractivity contribution in [1.82, 2.24) is 9.55 Å². The van der Waals surface area contributed by atoms with Crippen molar-refractivity contribution in [2.45, 2.75) is 33.3 Å². The van der Waals surface area contributed by atoms with Crippen molar-refractivity contribution < 1.29 is 9.78 Å². The van der Waals surface area contributed by atoms with E-state index in [1.165, 1.54) is 11.3 Å². The Hall–Kier alpha value is -3.02. The maximum absolute atomic E-state index is 7.39. The average Bonchev–Trinajstić information content (AvgIpc) is 3.03. The van der Waals surface area contributed by atoms with Crippen molar-refractivity contribution in [3.63, 3.8) is 0 Å². The molecular weight excluding hydrogens is 368 g/mol. The molecule has 0 aliphatic carbocycles. The third-order valence-electron chi connectivity index (χ3n) is 4.95. The zero-order valence-electron chi connectivity index (χ0n) is 17.2. The van der Waals surface area contributed by atoms with Crippen LogP contribution in [0, 0.1) is 13.5 Å². The van der Waals surface area contributed by atoms with Crippen LogP contribution in [-0.2, 0) is 29.9 Å². The van der Waals surface area contributed by atoms with Crippen molar-refractivity contribution in [1.29, 1.82) is 0 Å². The number of benzene rings is 1. The summed E-state index contributed by atoms with van der Waals surface area (Å²) in [6, 6.07) is 4.08. The highest BCUT2D eigenvalue weighted by Crippen LogP contribution is 2.35. The van der Waals surface area contributed by atoms with Crippen LogP contribution in [0.1, 0.15) is 30.2 Å². The van der Waals surface area contributed by atoms with E-state index in [-0.39, 0.29) is 6.61 Å². The summed E-state index contributed by atoms with van der Waals surface area (Å²) in [5.74, 6) is 0.720. The monoisotopic (exact) mass is 394 g/mol. The minimum absolute atomic E-state index is 0.0892. The molecule has 3 rings (SSSR count). The first-order chi connectivity index (χ1) is 14.1. The third kappa shape index (κ3) is 4.36. The van der Waals surface area contributed by atoms with Crippen LogP contribution in [-0.4, -0.2) is 29.2 Å². The minimum atomic E-state index is 0.0892. The number of rotatable bonds is 8. The molecule has 2 aromatic rings. The lowest BCUT2D eigenvalue weighted by Crippen LogP contribution is -2.29. The summed E-state index contributed by atoms with van der Waals surface area (Å²) in [6.07, 6.45) is 4.07. The number of nitrogens with zero attached hydrogens (tertiary/aromatic N) is 6. The number of fused-ring (bicyclic) bond motifs is 1. The number of hydrogen-bond acceptors (Lipinski definition) is 6. The van der Waals surface area contributed by atoms with E-state index in [0.29, 0.717) is 24.1 Å². The van der Waals surface area contributed by atoms with Gasteiger partial charge in [0, 0.05) is 18.8 Å². The van der Waals surface area contributed by atoms with E-state index in [0.717, 1.165) is 37.2 Å². The molecule has 0 fully saturated rings. The highest BCUT2D eigenvalue weighted by Gasteiger charge is 2.20. The lowest BCUT2D eigenvalue weighted by atomic mass is 9.96. The van der Waals surface area contributed by atoms with Gasteiger partial charge in [0.2, 0.25) is 0 Å². The Bertz CT molecular complexity index is 957. The maximum atomic E-state index is 7.39. The van der Waals surface area contributed by atoms with Crippen molar-refractivity contribution in [2.24, 2.45) is 17.3 Å². The van der Waals surface area contributed by atoms with Gasteiger partial charge in [-0.3, -0.25) is 4.57 Å². The fourth-order valence-electron chi connectivity index (χ4n) is 3.50. The Kier molecular flexibility index (Phi) is 6.75. The van der Waals surface area contributed by atoms with Gasteiger partial charge in [-0.05, 0) is 49.9 Å². The summed E-state index contributed by atoms with van der Waals surface area (Å²) in [5.41, 5.74) is 4.97. The van der Waals surface area contributed by atoms with Gasteiger partial charge in [-0.2, -0.15) is 0 Å². The van der Waals surface area contributed by atoms with Crippen LogP contribution in [0.3, 0.4) is 0 Å². The van der Waals surface area contributed by atoms with Gasteiger partial charge >= 0.3 is 5.95 Å². The van der Waals surface area contributed by atoms with Crippen molar-refractivity contribution in [2.75, 3.05) is 24.6 Å². The van der Waals surface area contributed by atoms with Crippen LogP contribution in [0.2, 0.25) is 0 Å². The summed E-state index contributed by atoms with van der Waals surface area (Å²) >= 11 is 0. The third-order valence-corrected chi connectivity index (χ3v) is 4.95. The van der Waals surface area contributed by atoms with Crippen LogP contribution in [0.5, 0.6) is 0 Å². The Labute approximate surface area is 171 Å². The minimum Gasteiger partial charge on any atom is -0.368 e. The van der Waals surface area contributed by atoms with Gasteiger partial charge in [-0.1, -0.05) is 17.8 Å². The van der Waals surface area contributed by atoms with E-state index in [9.17, 15) is 0 Å². The van der Waals surface area contributed by atoms with Gasteiger partial charge in [0.15, 0.2) is 0 Å². The van der Waals surface area contributed by atoms with E-state index in [1.54, 1.807) is 11.6 Å². The van der Waals surface area contributed by atoms with E-state index in [1.807, 2.05) is 19.1 Å². The predicted octanol–water partition coefficient (Wildman–Crippen LogP) is 5.10. The topological polar surface area (TPSA) is 68.6 Å². The molecule has 0 N–H and O–H groups in total. The standard InChI is InChI=1S/C21H26N6O2/c1-6-12-27-13-8-9-16-15(3)17(10-11-19(16)27)24-25-21-23-18(14-29-28-7-2)20(22-4)26(21)5/h6,10-11H,1,7-9,12-14H2,2-3,5H3. The first-order valence-electron chi connectivity index (χ1n) is 9.68. The summed E-state index contributed by atoms with van der Waals surface area (Å²) in [6.45, 7) is 17.5. The molecule has 29 heavy (non-hydrogen) atoms. The second-order valence-electron chi connectivity index (χ2n) is 6.77. The number of anilines is 1. The number of hydrogen-bond donors (Lipinski definition) is 0. The Balaban J connectivity index is 1.87. The van der Waals surface area contributed by atoms with Crippen molar-refractivity contribution in [3.05, 3.63) is 53.0 Å². The molecule has 2 heterocycles. The van der Waals surface area contributed by atoms with E-state index in [2.05, 4.69) is 44.5 Å². The fourth-order valence-corrected chi connectivity index (χ4v) is 3.50. The summed E-state index contributed by atoms with van der Waals surface area (Å²) in [4.78, 5) is 20.2. The van der Waals surface area contributed by atoms with Gasteiger partial charge in [-0.25, -0.2) is 14.8 Å². The van der Waals surface area contributed by atoms with Gasteiger partial charge in [-0.15, -0.1) is 11.7 Å². The SMILES string of the molecule is [C-]#[N+]c1c(COOCC)nc(N=Nc2ccc3c(c2C)CCCN3CC=C)n1C. The highest BCUT2D eigenvalue weighted by molar-refractivity contribution is 5.65. The van der Waals surface area contributed by atoms with Crippen LogP contribution in [0.15, 0.2) is 35.0 Å². The van der Waals surface area contributed by atoms with E-state index >= 15 is 0 Å². The Morgan fingerprint density at radius 2 is 2.17 bits per heavy atom. The second kappa shape index (κ2) is 9.45. The second-order valence-corrected chi connectivity index (χ2v) is 6.77. The van der Waals surface area contributed by atoms with Crippen LogP contribution in [0.4, 0.5) is 23.1 Å². The van der Waals surface area contributed by atoms with Gasteiger partial charge in [0.1, 0.15) is 6.61 Å². The van der Waals surface area contributed by atoms with Gasteiger partial charge in [0.05, 0.1) is 25.0 Å². The zero-order chi connectivity index (χ0) is 20.8. The highest BCUT2D eigenvalue weighted by atomic mass is 17.2.